The van der Waals surface area contributed by atoms with E-state index in [9.17, 15) is 14.9 Å². The van der Waals surface area contributed by atoms with E-state index in [2.05, 4.69) is 26.1 Å². The third-order valence-corrected chi connectivity index (χ3v) is 8.30. The summed E-state index contributed by atoms with van der Waals surface area (Å²) in [5.41, 5.74) is 3.58. The topological polar surface area (TPSA) is 103 Å². The van der Waals surface area contributed by atoms with Crippen molar-refractivity contribution in [1.82, 2.24) is 9.88 Å². The third kappa shape index (κ3) is 5.33. The number of carbonyl (C=O) groups excluding carboxylic acids is 1. The average Bonchev–Trinajstić information content (AvgIpc) is 3.65. The van der Waals surface area contributed by atoms with Crippen LogP contribution in [0.5, 0.6) is 0 Å². The molecule has 1 N–H and O–H groups in total. The Morgan fingerprint density at radius 1 is 1.24 bits per heavy atom. The number of aliphatic imine (C=N–C) groups is 1. The summed E-state index contributed by atoms with van der Waals surface area (Å²) in [7, 11) is 0. The molecule has 1 atom stereocenters. The molecule has 1 aromatic carbocycles. The van der Waals surface area contributed by atoms with E-state index in [0.717, 1.165) is 36.2 Å². The van der Waals surface area contributed by atoms with Crippen LogP contribution in [0.25, 0.3) is 5.69 Å². The lowest BCUT2D eigenvalue weighted by Gasteiger charge is -2.33. The second-order valence-corrected chi connectivity index (χ2v) is 11.7. The van der Waals surface area contributed by atoms with E-state index in [4.69, 9.17) is 9.41 Å². The molecule has 3 aromatic heterocycles. The lowest BCUT2D eigenvalue weighted by atomic mass is 9.72. The van der Waals surface area contributed by atoms with Crippen molar-refractivity contribution in [3.05, 3.63) is 98.6 Å². The molecule has 0 aliphatic heterocycles. The Balaban J connectivity index is 1.46. The first-order chi connectivity index (χ1) is 18.2. The summed E-state index contributed by atoms with van der Waals surface area (Å²) in [6.07, 6.45) is 8.06. The first-order valence-electron chi connectivity index (χ1n) is 12.6. The molecule has 0 unspecified atom stereocenters. The molecule has 3 heterocycles. The second-order valence-electron chi connectivity index (χ2n) is 10.6. The molecule has 5 rings (SSSR count). The van der Waals surface area contributed by atoms with Crippen molar-refractivity contribution in [2.24, 2.45) is 16.3 Å². The van der Waals surface area contributed by atoms with E-state index < -0.39 is 4.92 Å². The van der Waals surface area contributed by atoms with Gasteiger partial charge in [0.2, 0.25) is 0 Å². The molecule has 9 heteroatoms. The van der Waals surface area contributed by atoms with Crippen LogP contribution in [0.2, 0.25) is 0 Å². The van der Waals surface area contributed by atoms with Crippen LogP contribution in [0, 0.1) is 21.4 Å². The fourth-order valence-electron chi connectivity index (χ4n) is 4.90. The molecule has 0 radical (unpaired) electrons. The molecule has 0 bridgehead atoms. The smallest absolute Gasteiger partial charge is 0.269 e. The van der Waals surface area contributed by atoms with Crippen LogP contribution in [0.3, 0.4) is 0 Å². The van der Waals surface area contributed by atoms with Crippen molar-refractivity contribution >= 4 is 34.1 Å². The number of nitrogens with one attached hydrogen (secondary N) is 1. The number of hydrogen-bond donors (Lipinski definition) is 1. The number of carbonyl (C=O) groups is 1. The molecule has 38 heavy (non-hydrogen) atoms. The number of thiophene rings is 1. The number of benzene rings is 1. The number of nitrogens with zero attached hydrogens (tertiary/aromatic N) is 3. The summed E-state index contributed by atoms with van der Waals surface area (Å²) < 4.78 is 7.30. The first-order valence-corrected chi connectivity index (χ1v) is 13.4. The zero-order valence-electron chi connectivity index (χ0n) is 21.6. The van der Waals surface area contributed by atoms with Crippen LogP contribution in [0.15, 0.2) is 70.4 Å². The van der Waals surface area contributed by atoms with Gasteiger partial charge in [-0.1, -0.05) is 20.8 Å². The Morgan fingerprint density at radius 2 is 2.03 bits per heavy atom. The van der Waals surface area contributed by atoms with Gasteiger partial charge in [-0.3, -0.25) is 14.9 Å². The van der Waals surface area contributed by atoms with Gasteiger partial charge >= 0.3 is 0 Å². The van der Waals surface area contributed by atoms with Gasteiger partial charge in [0, 0.05) is 28.9 Å². The Hall–Kier alpha value is -3.98. The summed E-state index contributed by atoms with van der Waals surface area (Å²) in [6.45, 7) is 7.14. The highest BCUT2D eigenvalue weighted by atomic mass is 32.1. The molecule has 0 fully saturated rings. The average molecular weight is 531 g/mol. The highest BCUT2D eigenvalue weighted by molar-refractivity contribution is 7.16. The molecule has 4 aromatic rings. The summed E-state index contributed by atoms with van der Waals surface area (Å²) in [5, 5.41) is 14.7. The van der Waals surface area contributed by atoms with Gasteiger partial charge in [0.15, 0.2) is 0 Å². The van der Waals surface area contributed by atoms with Crippen molar-refractivity contribution < 1.29 is 14.1 Å². The van der Waals surface area contributed by atoms with Crippen molar-refractivity contribution in [3.8, 4) is 5.69 Å². The lowest BCUT2D eigenvalue weighted by Crippen LogP contribution is -2.28. The minimum atomic E-state index is -0.414. The maximum absolute atomic E-state index is 13.4. The monoisotopic (exact) mass is 530 g/mol. The number of amides is 1. The standard InChI is InChI=1S/C29H30N4O4S/c1-29(2,3)19-8-13-24-25(16-19)38-28(26(24)27(34)30-18-23-7-5-15-37-23)31-17-22-6-4-14-32(22)20-9-11-21(12-10-20)33(35)36/h4-7,9-12,14-15,17,19H,8,13,16,18H2,1-3H3,(H,30,34)/t19-/m1/s1. The molecule has 1 amide bonds. The number of rotatable bonds is 7. The highest BCUT2D eigenvalue weighted by Crippen LogP contribution is 2.45. The summed E-state index contributed by atoms with van der Waals surface area (Å²) >= 11 is 1.60. The van der Waals surface area contributed by atoms with E-state index in [1.165, 1.54) is 17.0 Å². The van der Waals surface area contributed by atoms with Crippen LogP contribution in [-0.4, -0.2) is 21.6 Å². The van der Waals surface area contributed by atoms with E-state index in [1.54, 1.807) is 42.0 Å². The third-order valence-electron chi connectivity index (χ3n) is 7.13. The Labute approximate surface area is 225 Å². The summed E-state index contributed by atoms with van der Waals surface area (Å²) in [6, 6.07) is 13.8. The number of fused-ring (bicyclic) bond motifs is 1. The van der Waals surface area contributed by atoms with Crippen molar-refractivity contribution in [2.75, 3.05) is 0 Å². The number of aromatic nitrogens is 1. The molecule has 1 aliphatic carbocycles. The predicted octanol–water partition coefficient (Wildman–Crippen LogP) is 6.87. The molecular weight excluding hydrogens is 500 g/mol. The summed E-state index contributed by atoms with van der Waals surface area (Å²) in [5.74, 6) is 1.09. The van der Waals surface area contributed by atoms with Crippen LogP contribution in [-0.2, 0) is 19.4 Å². The van der Waals surface area contributed by atoms with Crippen LogP contribution in [0.4, 0.5) is 10.7 Å². The van der Waals surface area contributed by atoms with Crippen LogP contribution >= 0.6 is 11.3 Å². The molecule has 0 spiro atoms. The number of nitro groups is 1. The molecule has 196 valence electrons. The SMILES string of the molecule is CC(C)(C)[C@@H]1CCc2c(sc(N=Cc3cccn3-c3ccc([N+](=O)[O-])cc3)c2C(=O)NCc2ccco2)C1. The Bertz CT molecular complexity index is 1470. The van der Waals surface area contributed by atoms with Crippen molar-refractivity contribution in [2.45, 2.75) is 46.6 Å². The number of hydrogen-bond acceptors (Lipinski definition) is 6. The number of nitro benzene ring substituents is 1. The molecule has 8 nitrogen and oxygen atoms in total. The fraction of sp³-hybridized carbons (Fsp3) is 0.310. The fourth-order valence-corrected chi connectivity index (χ4v) is 6.17. The van der Waals surface area contributed by atoms with Gasteiger partial charge in [-0.25, -0.2) is 4.99 Å². The van der Waals surface area contributed by atoms with Crippen molar-refractivity contribution in [1.29, 1.82) is 0 Å². The molecule has 1 aliphatic rings. The summed E-state index contributed by atoms with van der Waals surface area (Å²) in [4.78, 5) is 30.1. The van der Waals surface area contributed by atoms with Crippen LogP contribution < -0.4 is 5.32 Å². The maximum atomic E-state index is 13.4. The highest BCUT2D eigenvalue weighted by Gasteiger charge is 2.33. The Kier molecular flexibility index (Phi) is 7.03. The van der Waals surface area contributed by atoms with E-state index >= 15 is 0 Å². The quantitative estimate of drug-likeness (QED) is 0.160. The van der Waals surface area contributed by atoms with E-state index in [1.807, 2.05) is 29.0 Å². The molecule has 0 saturated carbocycles. The normalized spacial score (nSPS) is 15.5. The number of non-ortho nitro benzene ring substituents is 1. The van der Waals surface area contributed by atoms with E-state index in [0.29, 0.717) is 28.8 Å². The predicted molar refractivity (Wildman–Crippen MR) is 149 cm³/mol. The van der Waals surface area contributed by atoms with Gasteiger partial charge in [-0.15, -0.1) is 11.3 Å². The van der Waals surface area contributed by atoms with Gasteiger partial charge in [0.05, 0.1) is 35.2 Å². The van der Waals surface area contributed by atoms with Gasteiger partial charge in [-0.2, -0.15) is 0 Å². The first kappa shape index (κ1) is 25.7. The largest absolute Gasteiger partial charge is 0.467 e. The van der Waals surface area contributed by atoms with Gasteiger partial charge in [0.25, 0.3) is 11.6 Å². The second kappa shape index (κ2) is 10.4. The van der Waals surface area contributed by atoms with Gasteiger partial charge in [-0.05, 0) is 72.6 Å². The maximum Gasteiger partial charge on any atom is 0.269 e. The zero-order chi connectivity index (χ0) is 26.9. The van der Waals surface area contributed by atoms with E-state index in [-0.39, 0.29) is 17.0 Å². The van der Waals surface area contributed by atoms with Crippen LogP contribution in [0.1, 0.15) is 59.4 Å². The lowest BCUT2D eigenvalue weighted by molar-refractivity contribution is -0.384. The van der Waals surface area contributed by atoms with Gasteiger partial charge in [0.1, 0.15) is 10.8 Å². The molecular formula is C29H30N4O4S. The zero-order valence-corrected chi connectivity index (χ0v) is 22.5. The number of furan rings is 1. The Morgan fingerprint density at radius 3 is 2.71 bits per heavy atom. The minimum Gasteiger partial charge on any atom is -0.467 e. The van der Waals surface area contributed by atoms with Crippen molar-refractivity contribution in [3.63, 3.8) is 0 Å². The molecule has 0 saturated heterocycles. The minimum absolute atomic E-state index is 0.0408. The van der Waals surface area contributed by atoms with Gasteiger partial charge < -0.3 is 14.3 Å².